The lowest BCUT2D eigenvalue weighted by Crippen LogP contribution is -2.25. The van der Waals surface area contributed by atoms with E-state index in [-0.39, 0.29) is 0 Å². The summed E-state index contributed by atoms with van der Waals surface area (Å²) in [5.41, 5.74) is 0.396. The van der Waals surface area contributed by atoms with Gasteiger partial charge in [0, 0.05) is 13.2 Å². The molecule has 0 N–H and O–H groups in total. The molecule has 0 aromatic carbocycles. The Kier molecular flexibility index (Phi) is 10.2. The first-order valence-corrected chi connectivity index (χ1v) is 8.98. The van der Waals surface area contributed by atoms with Gasteiger partial charge in [-0.1, -0.05) is 47.5 Å². The van der Waals surface area contributed by atoms with Crippen LogP contribution in [0.15, 0.2) is 0 Å². The van der Waals surface area contributed by atoms with Crippen molar-refractivity contribution >= 4 is 9.28 Å². The van der Waals surface area contributed by atoms with Gasteiger partial charge in [-0.2, -0.15) is 0 Å². The fourth-order valence-electron chi connectivity index (χ4n) is 1.48. The van der Waals surface area contributed by atoms with Crippen molar-refractivity contribution in [3.8, 4) is 0 Å². The Labute approximate surface area is 110 Å². The van der Waals surface area contributed by atoms with Crippen LogP contribution >= 0.6 is 0 Å². The monoisotopic (exact) mass is 260 g/mol. The van der Waals surface area contributed by atoms with E-state index in [0.29, 0.717) is 5.41 Å². The molecule has 0 aliphatic heterocycles. The molecule has 0 radical (unpaired) electrons. The van der Waals surface area contributed by atoms with Crippen LogP contribution in [0.1, 0.15) is 66.7 Å². The third-order valence-electron chi connectivity index (χ3n) is 2.73. The Balaban J connectivity index is 3.83. The quantitative estimate of drug-likeness (QED) is 0.431. The summed E-state index contributed by atoms with van der Waals surface area (Å²) in [5, 5.41) is 0. The van der Waals surface area contributed by atoms with Crippen LogP contribution in [0.4, 0.5) is 0 Å². The van der Waals surface area contributed by atoms with Gasteiger partial charge in [-0.25, -0.2) is 0 Å². The average molecular weight is 260 g/mol. The molecule has 0 rings (SSSR count). The molecule has 3 heteroatoms. The molecule has 0 fully saturated rings. The molecule has 0 saturated heterocycles. The molecule has 0 aliphatic carbocycles. The second-order valence-corrected chi connectivity index (χ2v) is 8.08. The van der Waals surface area contributed by atoms with Gasteiger partial charge in [0.25, 0.3) is 0 Å². The fraction of sp³-hybridized carbons (Fsp3) is 1.00. The molecule has 0 unspecified atom stereocenters. The van der Waals surface area contributed by atoms with Gasteiger partial charge in [0.05, 0.1) is 0 Å². The number of unbranched alkanes of at least 4 members (excludes halogenated alkanes) is 2. The zero-order chi connectivity index (χ0) is 13.1. The summed E-state index contributed by atoms with van der Waals surface area (Å²) in [6.07, 6.45) is 5.94. The molecular formula is C14H32O2Si. The van der Waals surface area contributed by atoms with Crippen LogP contribution < -0.4 is 0 Å². The minimum absolute atomic E-state index is 0.396. The average Bonchev–Trinajstić information content (AvgIpc) is 2.24. The highest BCUT2D eigenvalue weighted by molar-refractivity contribution is 6.44. The van der Waals surface area contributed by atoms with Crippen LogP contribution in [0.3, 0.4) is 0 Å². The number of rotatable bonds is 10. The van der Waals surface area contributed by atoms with Crippen molar-refractivity contribution in [3.63, 3.8) is 0 Å². The molecule has 0 saturated carbocycles. The van der Waals surface area contributed by atoms with Gasteiger partial charge in [0.15, 0.2) is 0 Å². The van der Waals surface area contributed by atoms with E-state index < -0.39 is 9.28 Å². The summed E-state index contributed by atoms with van der Waals surface area (Å²) < 4.78 is 11.9. The standard InChI is InChI=1S/C14H32O2Si/c1-6-8-11-15-17(16-12-9-7-2)13-10-14(3,4)5/h17H,6-13H2,1-5H3. The second-order valence-electron chi connectivity index (χ2n) is 5.98. The molecule has 17 heavy (non-hydrogen) atoms. The van der Waals surface area contributed by atoms with Crippen molar-refractivity contribution in [1.82, 2.24) is 0 Å². The molecule has 0 heterocycles. The Bertz CT molecular complexity index is 156. The first kappa shape index (κ1) is 17.1. The van der Waals surface area contributed by atoms with Gasteiger partial charge in [-0.05, 0) is 30.7 Å². The van der Waals surface area contributed by atoms with Gasteiger partial charge >= 0.3 is 9.28 Å². The predicted molar refractivity (Wildman–Crippen MR) is 77.7 cm³/mol. The van der Waals surface area contributed by atoms with Crippen molar-refractivity contribution in [2.45, 2.75) is 72.8 Å². The Morgan fingerprint density at radius 3 is 1.71 bits per heavy atom. The Morgan fingerprint density at radius 2 is 1.35 bits per heavy atom. The maximum absolute atomic E-state index is 5.94. The third kappa shape index (κ3) is 12.4. The molecule has 0 amide bonds. The van der Waals surface area contributed by atoms with E-state index in [9.17, 15) is 0 Å². The normalized spacial score (nSPS) is 12.4. The summed E-state index contributed by atoms with van der Waals surface area (Å²) in [7, 11) is -1.40. The van der Waals surface area contributed by atoms with Gasteiger partial charge in [-0.3, -0.25) is 0 Å². The number of hydrogen-bond acceptors (Lipinski definition) is 2. The highest BCUT2D eigenvalue weighted by atomic mass is 28.3. The lowest BCUT2D eigenvalue weighted by molar-refractivity contribution is 0.187. The minimum Gasteiger partial charge on any atom is -0.397 e. The molecule has 2 nitrogen and oxygen atoms in total. The third-order valence-corrected chi connectivity index (χ3v) is 4.71. The van der Waals surface area contributed by atoms with E-state index in [4.69, 9.17) is 8.85 Å². The topological polar surface area (TPSA) is 18.5 Å². The van der Waals surface area contributed by atoms with Crippen molar-refractivity contribution in [2.24, 2.45) is 5.41 Å². The van der Waals surface area contributed by atoms with Crippen molar-refractivity contribution in [2.75, 3.05) is 13.2 Å². The summed E-state index contributed by atoms with van der Waals surface area (Å²) >= 11 is 0. The largest absolute Gasteiger partial charge is 0.397 e. The molecule has 0 aromatic rings. The van der Waals surface area contributed by atoms with Crippen LogP contribution in [0.25, 0.3) is 0 Å². The van der Waals surface area contributed by atoms with Crippen molar-refractivity contribution < 1.29 is 8.85 Å². The second kappa shape index (κ2) is 10.1. The SMILES string of the molecule is CCCCO[SiH](CCC(C)(C)C)OCCCC. The summed E-state index contributed by atoms with van der Waals surface area (Å²) in [6.45, 7) is 13.1. The maximum Gasteiger partial charge on any atom is 0.321 e. The molecule has 0 atom stereocenters. The van der Waals surface area contributed by atoms with E-state index in [0.717, 1.165) is 32.1 Å². The lowest BCUT2D eigenvalue weighted by atomic mass is 9.94. The molecule has 0 aliphatic rings. The van der Waals surface area contributed by atoms with E-state index >= 15 is 0 Å². The zero-order valence-electron chi connectivity index (χ0n) is 12.6. The first-order chi connectivity index (χ1) is 7.99. The highest BCUT2D eigenvalue weighted by Gasteiger charge is 2.18. The van der Waals surface area contributed by atoms with Crippen LogP contribution in [0.5, 0.6) is 0 Å². The Hall–Kier alpha value is 0.137. The molecule has 0 bridgehead atoms. The summed E-state index contributed by atoms with van der Waals surface area (Å²) in [4.78, 5) is 0. The lowest BCUT2D eigenvalue weighted by Gasteiger charge is -2.22. The summed E-state index contributed by atoms with van der Waals surface area (Å²) in [5.74, 6) is 0. The highest BCUT2D eigenvalue weighted by Crippen LogP contribution is 2.22. The first-order valence-electron chi connectivity index (χ1n) is 7.22. The maximum atomic E-state index is 5.94. The van der Waals surface area contributed by atoms with Crippen LogP contribution in [-0.4, -0.2) is 22.5 Å². The van der Waals surface area contributed by atoms with Crippen LogP contribution in [0, 0.1) is 5.41 Å². The van der Waals surface area contributed by atoms with Crippen molar-refractivity contribution in [1.29, 1.82) is 0 Å². The minimum atomic E-state index is -1.40. The zero-order valence-corrected chi connectivity index (χ0v) is 13.7. The van der Waals surface area contributed by atoms with Gasteiger partial charge in [0.2, 0.25) is 0 Å². The van der Waals surface area contributed by atoms with Crippen LogP contribution in [-0.2, 0) is 8.85 Å². The van der Waals surface area contributed by atoms with Crippen molar-refractivity contribution in [3.05, 3.63) is 0 Å². The predicted octanol–water partition coefficient (Wildman–Crippen LogP) is 4.28. The van der Waals surface area contributed by atoms with Gasteiger partial charge < -0.3 is 8.85 Å². The number of hydrogen-bond donors (Lipinski definition) is 0. The molecule has 104 valence electrons. The van der Waals surface area contributed by atoms with E-state index in [1.165, 1.54) is 19.3 Å². The molecular weight excluding hydrogens is 228 g/mol. The summed E-state index contributed by atoms with van der Waals surface area (Å²) in [6, 6.07) is 1.15. The molecule has 0 aromatic heterocycles. The van der Waals surface area contributed by atoms with Gasteiger partial charge in [-0.15, -0.1) is 0 Å². The fourth-order valence-corrected chi connectivity index (χ4v) is 3.87. The van der Waals surface area contributed by atoms with Crippen LogP contribution in [0.2, 0.25) is 6.04 Å². The Morgan fingerprint density at radius 1 is 0.882 bits per heavy atom. The molecule has 0 spiro atoms. The van der Waals surface area contributed by atoms with E-state index in [1.54, 1.807) is 0 Å². The van der Waals surface area contributed by atoms with E-state index in [1.807, 2.05) is 0 Å². The van der Waals surface area contributed by atoms with Gasteiger partial charge in [0.1, 0.15) is 0 Å². The van der Waals surface area contributed by atoms with E-state index in [2.05, 4.69) is 34.6 Å². The smallest absolute Gasteiger partial charge is 0.321 e.